The number of halogens is 1. The molecule has 0 saturated carbocycles. The lowest BCUT2D eigenvalue weighted by atomic mass is 9.99. The Labute approximate surface area is 133 Å². The van der Waals surface area contributed by atoms with Crippen molar-refractivity contribution in [3.63, 3.8) is 0 Å². The Bertz CT molecular complexity index is 770. The van der Waals surface area contributed by atoms with E-state index in [-0.39, 0.29) is 23.4 Å². The van der Waals surface area contributed by atoms with Crippen LogP contribution in [0.1, 0.15) is 12.5 Å². The van der Waals surface area contributed by atoms with Crippen LogP contribution >= 0.6 is 0 Å². The number of nitrogens with two attached hydrogens (primary N) is 1. The molecule has 118 valence electrons. The largest absolute Gasteiger partial charge is 0.507 e. The molecule has 0 saturated heterocycles. The molecule has 0 spiro atoms. The number of benzene rings is 2. The number of guanidine groups is 1. The summed E-state index contributed by atoms with van der Waals surface area (Å²) < 4.78 is 12.9. The van der Waals surface area contributed by atoms with Crippen LogP contribution in [0.15, 0.2) is 58.6 Å². The summed E-state index contributed by atoms with van der Waals surface area (Å²) in [5, 5.41) is 16.0. The Morgan fingerprint density at radius 2 is 1.96 bits per heavy atom. The van der Waals surface area contributed by atoms with Crippen molar-refractivity contribution in [3.05, 3.63) is 59.9 Å². The van der Waals surface area contributed by atoms with Gasteiger partial charge in [-0.2, -0.15) is 5.10 Å². The molecule has 1 heterocycles. The quantitative estimate of drug-likeness (QED) is 0.661. The Morgan fingerprint density at radius 1 is 1.26 bits per heavy atom. The van der Waals surface area contributed by atoms with Crippen LogP contribution in [-0.2, 0) is 0 Å². The fraction of sp³-hybridized carbons (Fsp3) is 0.176. The Morgan fingerprint density at radius 3 is 2.65 bits per heavy atom. The van der Waals surface area contributed by atoms with E-state index in [1.54, 1.807) is 29.3 Å². The van der Waals surface area contributed by atoms with Crippen LogP contribution in [0, 0.1) is 11.7 Å². The zero-order chi connectivity index (χ0) is 16.4. The first-order valence-electron chi connectivity index (χ1n) is 7.28. The van der Waals surface area contributed by atoms with Crippen LogP contribution in [0.5, 0.6) is 5.75 Å². The first-order valence-corrected chi connectivity index (χ1v) is 7.28. The standard InChI is InChI=1S/C17H17FN4O/c1-11-10-22(17(19)20-13-8-6-12(18)7-9-13)21-16(11)14-4-2-3-5-15(14)23/h2-9,11,23H,10H2,1H3,(H2,19,20). The predicted molar refractivity (Wildman–Crippen MR) is 88.2 cm³/mol. The Hall–Kier alpha value is -2.89. The zero-order valence-corrected chi connectivity index (χ0v) is 12.6. The van der Waals surface area contributed by atoms with E-state index in [1.807, 2.05) is 19.1 Å². The van der Waals surface area contributed by atoms with Crippen molar-refractivity contribution < 1.29 is 9.50 Å². The third-order valence-corrected chi connectivity index (χ3v) is 3.66. The molecule has 3 N–H and O–H groups in total. The molecule has 0 bridgehead atoms. The molecular weight excluding hydrogens is 295 g/mol. The fourth-order valence-electron chi connectivity index (χ4n) is 2.48. The van der Waals surface area contributed by atoms with Gasteiger partial charge in [0.25, 0.3) is 0 Å². The van der Waals surface area contributed by atoms with Gasteiger partial charge in [-0.25, -0.2) is 14.4 Å². The maximum Gasteiger partial charge on any atom is 0.217 e. The third-order valence-electron chi connectivity index (χ3n) is 3.66. The van der Waals surface area contributed by atoms with Gasteiger partial charge in [-0.05, 0) is 36.4 Å². The van der Waals surface area contributed by atoms with E-state index in [0.29, 0.717) is 17.8 Å². The number of hydrogen-bond acceptors (Lipinski definition) is 3. The number of aromatic hydroxyl groups is 1. The predicted octanol–water partition coefficient (Wildman–Crippen LogP) is 2.83. The molecule has 1 aliphatic heterocycles. The summed E-state index contributed by atoms with van der Waals surface area (Å²) in [4.78, 5) is 4.25. The number of rotatable bonds is 2. The molecule has 3 rings (SSSR count). The van der Waals surface area contributed by atoms with Gasteiger partial charge in [-0.3, -0.25) is 0 Å². The lowest BCUT2D eigenvalue weighted by molar-refractivity contribution is 0.451. The number of phenols is 1. The van der Waals surface area contributed by atoms with Crippen molar-refractivity contribution >= 4 is 17.4 Å². The van der Waals surface area contributed by atoms with E-state index in [4.69, 9.17) is 5.73 Å². The molecule has 6 heteroatoms. The smallest absolute Gasteiger partial charge is 0.217 e. The molecular formula is C17H17FN4O. The molecule has 0 radical (unpaired) electrons. The van der Waals surface area contributed by atoms with Crippen LogP contribution in [0.3, 0.4) is 0 Å². The lowest BCUT2D eigenvalue weighted by Gasteiger charge is -2.12. The van der Waals surface area contributed by atoms with Gasteiger partial charge in [-0.1, -0.05) is 19.1 Å². The topological polar surface area (TPSA) is 74.2 Å². The number of hydrogen-bond donors (Lipinski definition) is 2. The molecule has 2 aromatic rings. The molecule has 0 amide bonds. The van der Waals surface area contributed by atoms with Crippen molar-refractivity contribution in [3.8, 4) is 5.75 Å². The third kappa shape index (κ3) is 3.15. The first-order chi connectivity index (χ1) is 11.0. The number of aliphatic imine (C=N–C) groups is 1. The summed E-state index contributed by atoms with van der Waals surface area (Å²) in [6.07, 6.45) is 0. The second-order valence-electron chi connectivity index (χ2n) is 5.43. The van der Waals surface area contributed by atoms with Gasteiger partial charge in [0.15, 0.2) is 0 Å². The van der Waals surface area contributed by atoms with Crippen molar-refractivity contribution in [2.75, 3.05) is 6.54 Å². The lowest BCUT2D eigenvalue weighted by Crippen LogP contribution is -2.32. The van der Waals surface area contributed by atoms with Gasteiger partial charge in [0, 0.05) is 11.5 Å². The van der Waals surface area contributed by atoms with E-state index in [9.17, 15) is 9.50 Å². The highest BCUT2D eigenvalue weighted by Gasteiger charge is 2.27. The van der Waals surface area contributed by atoms with Crippen molar-refractivity contribution in [1.29, 1.82) is 0 Å². The summed E-state index contributed by atoms with van der Waals surface area (Å²) in [6, 6.07) is 12.8. The van der Waals surface area contributed by atoms with Crippen molar-refractivity contribution in [1.82, 2.24) is 5.01 Å². The molecule has 2 aromatic carbocycles. The minimum Gasteiger partial charge on any atom is -0.507 e. The van der Waals surface area contributed by atoms with Crippen LogP contribution in [0.25, 0.3) is 0 Å². The highest BCUT2D eigenvalue weighted by molar-refractivity contribution is 6.06. The van der Waals surface area contributed by atoms with E-state index in [2.05, 4.69) is 10.1 Å². The summed E-state index contributed by atoms with van der Waals surface area (Å²) in [6.45, 7) is 2.58. The minimum atomic E-state index is -0.322. The minimum absolute atomic E-state index is 0.102. The van der Waals surface area contributed by atoms with E-state index in [0.717, 1.165) is 5.71 Å². The maximum absolute atomic E-state index is 12.9. The number of hydrazone groups is 1. The Balaban J connectivity index is 1.87. The maximum atomic E-state index is 12.9. The van der Waals surface area contributed by atoms with E-state index >= 15 is 0 Å². The van der Waals surface area contributed by atoms with Gasteiger partial charge >= 0.3 is 0 Å². The first kappa shape index (κ1) is 15.0. The molecule has 0 aromatic heterocycles. The fourth-order valence-corrected chi connectivity index (χ4v) is 2.48. The van der Waals surface area contributed by atoms with Crippen molar-refractivity contribution in [2.24, 2.45) is 21.7 Å². The van der Waals surface area contributed by atoms with Crippen LogP contribution in [0.2, 0.25) is 0 Å². The highest BCUT2D eigenvalue weighted by atomic mass is 19.1. The molecule has 5 nitrogen and oxygen atoms in total. The summed E-state index contributed by atoms with van der Waals surface area (Å²) in [5.74, 6) is 0.199. The van der Waals surface area contributed by atoms with Gasteiger partial charge in [0.1, 0.15) is 11.6 Å². The molecule has 1 unspecified atom stereocenters. The summed E-state index contributed by atoms with van der Waals surface area (Å²) in [7, 11) is 0. The van der Waals surface area contributed by atoms with Gasteiger partial charge in [0.05, 0.1) is 17.9 Å². The molecule has 1 aliphatic rings. The van der Waals surface area contributed by atoms with Gasteiger partial charge < -0.3 is 10.8 Å². The molecule has 0 fully saturated rings. The number of para-hydroxylation sites is 1. The summed E-state index contributed by atoms with van der Waals surface area (Å²) >= 11 is 0. The SMILES string of the molecule is CC1CN(C(N)=Nc2ccc(F)cc2)N=C1c1ccccc1O. The van der Waals surface area contributed by atoms with E-state index in [1.165, 1.54) is 12.1 Å². The second-order valence-corrected chi connectivity index (χ2v) is 5.43. The van der Waals surface area contributed by atoms with Crippen molar-refractivity contribution in [2.45, 2.75) is 6.92 Å². The highest BCUT2D eigenvalue weighted by Crippen LogP contribution is 2.25. The zero-order valence-electron chi connectivity index (χ0n) is 12.6. The average molecular weight is 312 g/mol. The van der Waals surface area contributed by atoms with E-state index < -0.39 is 0 Å². The van der Waals surface area contributed by atoms with Crippen LogP contribution in [-0.4, -0.2) is 28.3 Å². The molecule has 0 aliphatic carbocycles. The normalized spacial score (nSPS) is 18.2. The van der Waals surface area contributed by atoms with Gasteiger partial charge in [0.2, 0.25) is 5.96 Å². The average Bonchev–Trinajstić information content (AvgIpc) is 2.92. The monoisotopic (exact) mass is 312 g/mol. The van der Waals surface area contributed by atoms with Gasteiger partial charge in [-0.15, -0.1) is 0 Å². The number of phenolic OH excluding ortho intramolecular Hbond substituents is 1. The van der Waals surface area contributed by atoms with Crippen LogP contribution < -0.4 is 5.73 Å². The summed E-state index contributed by atoms with van der Waals surface area (Å²) in [5.41, 5.74) is 8.02. The number of nitrogens with zero attached hydrogens (tertiary/aromatic N) is 3. The Kier molecular flexibility index (Phi) is 3.97. The second kappa shape index (κ2) is 6.08. The van der Waals surface area contributed by atoms with Crippen LogP contribution in [0.4, 0.5) is 10.1 Å². The molecule has 23 heavy (non-hydrogen) atoms. The molecule has 1 atom stereocenters.